The highest BCUT2D eigenvalue weighted by molar-refractivity contribution is 5.37. The quantitative estimate of drug-likeness (QED) is 0.533. The molecule has 1 aromatic rings. The van der Waals surface area contributed by atoms with Crippen LogP contribution in [0.1, 0.15) is 25.7 Å². The summed E-state index contributed by atoms with van der Waals surface area (Å²) in [6, 6.07) is 0. The van der Waals surface area contributed by atoms with Gasteiger partial charge in [-0.2, -0.15) is 5.10 Å². The number of unbranched alkanes of at least 4 members (excludes halogenated alkanes) is 3. The van der Waals surface area contributed by atoms with E-state index in [0.717, 1.165) is 18.7 Å². The molecule has 0 radical (unpaired) electrons. The Kier molecular flexibility index (Phi) is 4.83. The summed E-state index contributed by atoms with van der Waals surface area (Å²) in [6.45, 7) is 4.73. The van der Waals surface area contributed by atoms with Gasteiger partial charge in [0.15, 0.2) is 0 Å². The van der Waals surface area contributed by atoms with Gasteiger partial charge in [-0.3, -0.25) is 4.68 Å². The van der Waals surface area contributed by atoms with Crippen molar-refractivity contribution in [3.63, 3.8) is 0 Å². The van der Waals surface area contributed by atoms with Crippen molar-refractivity contribution in [3.8, 4) is 0 Å². The highest BCUT2D eigenvalue weighted by Gasteiger charge is 1.93. The van der Waals surface area contributed by atoms with Crippen molar-refractivity contribution in [1.29, 1.82) is 0 Å². The maximum Gasteiger partial charge on any atom is 0.0726 e. The first-order valence-electron chi connectivity index (χ1n) is 5.16. The summed E-state index contributed by atoms with van der Waals surface area (Å²) < 4.78 is 1.81. The minimum Gasteiger partial charge on any atom is -0.383 e. The van der Waals surface area contributed by atoms with Crippen LogP contribution in [0.4, 0.5) is 5.69 Å². The maximum atomic E-state index is 4.09. The summed E-state index contributed by atoms with van der Waals surface area (Å²) in [5.74, 6) is 0. The predicted octanol–water partition coefficient (Wildman–Crippen LogP) is 2.58. The Hall–Kier alpha value is -1.25. The van der Waals surface area contributed by atoms with Crippen LogP contribution in [0.25, 0.3) is 0 Å². The van der Waals surface area contributed by atoms with Crippen LogP contribution in [0.2, 0.25) is 0 Å². The van der Waals surface area contributed by atoms with Crippen molar-refractivity contribution in [1.82, 2.24) is 9.78 Å². The molecule has 0 saturated heterocycles. The van der Waals surface area contributed by atoms with Gasteiger partial charge in [0, 0.05) is 19.8 Å². The van der Waals surface area contributed by atoms with Crippen LogP contribution in [0.5, 0.6) is 0 Å². The zero-order valence-electron chi connectivity index (χ0n) is 8.87. The summed E-state index contributed by atoms with van der Waals surface area (Å²) in [4.78, 5) is 0. The van der Waals surface area contributed by atoms with Crippen LogP contribution in [0.15, 0.2) is 25.0 Å². The summed E-state index contributed by atoms with van der Waals surface area (Å²) in [5, 5.41) is 7.42. The number of nitrogens with zero attached hydrogens (tertiary/aromatic N) is 2. The monoisotopic (exact) mass is 193 g/mol. The van der Waals surface area contributed by atoms with Gasteiger partial charge in [0.25, 0.3) is 0 Å². The molecule has 0 aliphatic carbocycles. The molecule has 0 atom stereocenters. The SMILES string of the molecule is C=CCCCCCNc1cnn(C)c1. The third-order valence-corrected chi connectivity index (χ3v) is 2.12. The van der Waals surface area contributed by atoms with E-state index in [1.165, 1.54) is 19.3 Å². The van der Waals surface area contributed by atoms with E-state index in [9.17, 15) is 0 Å². The van der Waals surface area contributed by atoms with Gasteiger partial charge in [0.05, 0.1) is 11.9 Å². The smallest absolute Gasteiger partial charge is 0.0726 e. The van der Waals surface area contributed by atoms with E-state index in [1.54, 1.807) is 4.68 Å². The number of allylic oxidation sites excluding steroid dienone is 1. The Morgan fingerprint density at radius 2 is 2.36 bits per heavy atom. The van der Waals surface area contributed by atoms with Crippen molar-refractivity contribution in [2.45, 2.75) is 25.7 Å². The maximum absolute atomic E-state index is 4.09. The van der Waals surface area contributed by atoms with Crippen LogP contribution in [-0.2, 0) is 7.05 Å². The van der Waals surface area contributed by atoms with E-state index < -0.39 is 0 Å². The average Bonchev–Trinajstić information content (AvgIpc) is 2.58. The molecule has 0 fully saturated rings. The van der Waals surface area contributed by atoms with Gasteiger partial charge in [-0.05, 0) is 19.3 Å². The number of hydrogen-bond acceptors (Lipinski definition) is 2. The summed E-state index contributed by atoms with van der Waals surface area (Å²) in [7, 11) is 1.93. The van der Waals surface area contributed by atoms with E-state index in [0.29, 0.717) is 0 Å². The van der Waals surface area contributed by atoms with E-state index in [1.807, 2.05) is 25.5 Å². The van der Waals surface area contributed by atoms with Crippen molar-refractivity contribution < 1.29 is 0 Å². The average molecular weight is 193 g/mol. The fraction of sp³-hybridized carbons (Fsp3) is 0.545. The highest BCUT2D eigenvalue weighted by atomic mass is 15.3. The highest BCUT2D eigenvalue weighted by Crippen LogP contribution is 2.05. The molecule has 0 spiro atoms. The molecule has 3 nitrogen and oxygen atoms in total. The number of aromatic nitrogens is 2. The molecule has 78 valence electrons. The summed E-state index contributed by atoms with van der Waals surface area (Å²) in [6.07, 6.45) is 10.7. The Labute approximate surface area is 85.8 Å². The second-order valence-corrected chi connectivity index (χ2v) is 3.47. The number of nitrogens with one attached hydrogen (secondary N) is 1. The normalized spacial score (nSPS) is 10.1. The lowest BCUT2D eigenvalue weighted by molar-refractivity contribution is 0.708. The van der Waals surface area contributed by atoms with E-state index in [4.69, 9.17) is 0 Å². The van der Waals surface area contributed by atoms with Crippen LogP contribution < -0.4 is 5.32 Å². The van der Waals surface area contributed by atoms with Crippen molar-refractivity contribution in [2.75, 3.05) is 11.9 Å². The number of aryl methyl sites for hydroxylation is 1. The molecule has 0 bridgehead atoms. The molecule has 14 heavy (non-hydrogen) atoms. The van der Waals surface area contributed by atoms with Crippen LogP contribution in [-0.4, -0.2) is 16.3 Å². The molecule has 0 amide bonds. The first-order chi connectivity index (χ1) is 6.83. The third-order valence-electron chi connectivity index (χ3n) is 2.12. The molecule has 0 saturated carbocycles. The third kappa shape index (κ3) is 4.12. The van der Waals surface area contributed by atoms with Gasteiger partial charge in [-0.15, -0.1) is 6.58 Å². The molecule has 1 rings (SSSR count). The standard InChI is InChI=1S/C11H19N3/c1-3-4-5-6-7-8-12-11-9-13-14(2)10-11/h3,9-10,12H,1,4-8H2,2H3. The van der Waals surface area contributed by atoms with Crippen molar-refractivity contribution in [3.05, 3.63) is 25.0 Å². The summed E-state index contributed by atoms with van der Waals surface area (Å²) >= 11 is 0. The van der Waals surface area contributed by atoms with Gasteiger partial charge in [-0.1, -0.05) is 12.5 Å². The first kappa shape index (κ1) is 10.8. The zero-order valence-corrected chi connectivity index (χ0v) is 8.87. The number of hydrogen-bond donors (Lipinski definition) is 1. The molecule has 0 aromatic carbocycles. The Bertz CT molecular complexity index is 265. The lowest BCUT2D eigenvalue weighted by atomic mass is 10.2. The van der Waals surface area contributed by atoms with Crippen molar-refractivity contribution >= 4 is 5.69 Å². The lowest BCUT2D eigenvalue weighted by Gasteiger charge is -2.01. The number of anilines is 1. The van der Waals surface area contributed by atoms with Gasteiger partial charge in [-0.25, -0.2) is 0 Å². The molecule has 1 heterocycles. The Balaban J connectivity index is 2.01. The fourth-order valence-electron chi connectivity index (χ4n) is 1.34. The number of rotatable bonds is 7. The molecule has 0 unspecified atom stereocenters. The molecule has 0 aliphatic heterocycles. The van der Waals surface area contributed by atoms with E-state index in [2.05, 4.69) is 17.0 Å². The minimum absolute atomic E-state index is 1.03. The van der Waals surface area contributed by atoms with Crippen LogP contribution in [0.3, 0.4) is 0 Å². The zero-order chi connectivity index (χ0) is 10.2. The van der Waals surface area contributed by atoms with Crippen LogP contribution >= 0.6 is 0 Å². The first-order valence-corrected chi connectivity index (χ1v) is 5.16. The largest absolute Gasteiger partial charge is 0.383 e. The van der Waals surface area contributed by atoms with Gasteiger partial charge in [0.1, 0.15) is 0 Å². The van der Waals surface area contributed by atoms with Crippen LogP contribution in [0, 0.1) is 0 Å². The molecular weight excluding hydrogens is 174 g/mol. The lowest BCUT2D eigenvalue weighted by Crippen LogP contribution is -2.00. The van der Waals surface area contributed by atoms with Crippen molar-refractivity contribution in [2.24, 2.45) is 7.05 Å². The van der Waals surface area contributed by atoms with Gasteiger partial charge in [0.2, 0.25) is 0 Å². The Morgan fingerprint density at radius 1 is 1.50 bits per heavy atom. The summed E-state index contributed by atoms with van der Waals surface area (Å²) in [5.41, 5.74) is 1.11. The fourth-order valence-corrected chi connectivity index (χ4v) is 1.34. The van der Waals surface area contributed by atoms with E-state index >= 15 is 0 Å². The topological polar surface area (TPSA) is 29.9 Å². The van der Waals surface area contributed by atoms with Gasteiger partial charge >= 0.3 is 0 Å². The molecular formula is C11H19N3. The Morgan fingerprint density at radius 3 is 3.00 bits per heavy atom. The van der Waals surface area contributed by atoms with Gasteiger partial charge < -0.3 is 5.32 Å². The minimum atomic E-state index is 1.03. The second-order valence-electron chi connectivity index (χ2n) is 3.47. The molecule has 3 heteroatoms. The molecule has 0 aliphatic rings. The van der Waals surface area contributed by atoms with E-state index in [-0.39, 0.29) is 0 Å². The molecule has 1 N–H and O–H groups in total. The second kappa shape index (κ2) is 6.24. The predicted molar refractivity (Wildman–Crippen MR) is 60.4 cm³/mol. The molecule has 1 aromatic heterocycles.